The second-order valence-corrected chi connectivity index (χ2v) is 7.80. The summed E-state index contributed by atoms with van der Waals surface area (Å²) in [5, 5.41) is 11.0. The van der Waals surface area contributed by atoms with E-state index in [0.29, 0.717) is 12.8 Å². The van der Waals surface area contributed by atoms with Gasteiger partial charge >= 0.3 is 5.97 Å². The van der Waals surface area contributed by atoms with E-state index >= 15 is 0 Å². The third-order valence-electron chi connectivity index (χ3n) is 3.50. The molecule has 0 aliphatic carbocycles. The molecule has 0 amide bonds. The molecule has 6 nitrogen and oxygen atoms in total. The molecular formula is C12H17NO5S2. The Morgan fingerprint density at radius 1 is 1.55 bits per heavy atom. The average Bonchev–Trinajstić information content (AvgIpc) is 2.86. The number of sulfonamides is 1. The van der Waals surface area contributed by atoms with E-state index in [4.69, 9.17) is 4.74 Å². The Morgan fingerprint density at radius 2 is 2.25 bits per heavy atom. The number of hydrogen-bond donors (Lipinski definition) is 1. The molecule has 0 radical (unpaired) electrons. The van der Waals surface area contributed by atoms with Crippen LogP contribution >= 0.6 is 11.3 Å². The molecule has 1 aliphatic heterocycles. The van der Waals surface area contributed by atoms with Gasteiger partial charge in [0.1, 0.15) is 11.8 Å². The predicted octanol–water partition coefficient (Wildman–Crippen LogP) is 1.63. The zero-order valence-corrected chi connectivity index (χ0v) is 12.9. The van der Waals surface area contributed by atoms with Gasteiger partial charge in [-0.3, -0.25) is 4.79 Å². The predicted molar refractivity (Wildman–Crippen MR) is 74.6 cm³/mol. The van der Waals surface area contributed by atoms with Crippen LogP contribution in [0.5, 0.6) is 5.75 Å². The third-order valence-corrected chi connectivity index (χ3v) is 6.80. The molecular weight excluding hydrogens is 302 g/mol. The molecule has 20 heavy (non-hydrogen) atoms. The van der Waals surface area contributed by atoms with Crippen LogP contribution in [0.4, 0.5) is 0 Å². The number of carboxylic acid groups (broad SMARTS) is 1. The van der Waals surface area contributed by atoms with Gasteiger partial charge in [-0.05, 0) is 30.2 Å². The van der Waals surface area contributed by atoms with Crippen LogP contribution in [0.1, 0.15) is 19.8 Å². The van der Waals surface area contributed by atoms with E-state index in [9.17, 15) is 18.3 Å². The van der Waals surface area contributed by atoms with Crippen molar-refractivity contribution in [2.24, 2.45) is 5.92 Å². The first-order chi connectivity index (χ1) is 9.39. The molecule has 2 heterocycles. The summed E-state index contributed by atoms with van der Waals surface area (Å²) in [5.41, 5.74) is 0. The zero-order chi connectivity index (χ0) is 14.9. The van der Waals surface area contributed by atoms with E-state index in [0.717, 1.165) is 15.6 Å². The minimum absolute atomic E-state index is 0.0698. The first-order valence-electron chi connectivity index (χ1n) is 6.25. The number of rotatable bonds is 4. The monoisotopic (exact) mass is 319 g/mol. The number of carboxylic acids is 1. The summed E-state index contributed by atoms with van der Waals surface area (Å²) in [6, 6.07) is 0.557. The highest BCUT2D eigenvalue weighted by molar-refractivity contribution is 7.91. The second kappa shape index (κ2) is 5.71. The van der Waals surface area contributed by atoms with Crippen LogP contribution in [-0.4, -0.2) is 43.5 Å². The normalized spacial score (nSPS) is 24.5. The topological polar surface area (TPSA) is 83.9 Å². The summed E-state index contributed by atoms with van der Waals surface area (Å²) in [7, 11) is -2.45. The Labute approximate surface area is 122 Å². The van der Waals surface area contributed by atoms with Crippen LogP contribution in [0, 0.1) is 5.92 Å². The van der Waals surface area contributed by atoms with Crippen LogP contribution in [0.25, 0.3) is 0 Å². The molecule has 0 spiro atoms. The summed E-state index contributed by atoms with van der Waals surface area (Å²) in [6.07, 6.45) is 1.38. The van der Waals surface area contributed by atoms with E-state index in [1.54, 1.807) is 18.4 Å². The highest BCUT2D eigenvalue weighted by Crippen LogP contribution is 2.36. The summed E-state index contributed by atoms with van der Waals surface area (Å²) in [5.74, 6) is -1.05. The van der Waals surface area contributed by atoms with Gasteiger partial charge in [0.15, 0.2) is 4.21 Å². The molecule has 1 aromatic heterocycles. The molecule has 1 aromatic rings. The molecule has 2 rings (SSSR count). The van der Waals surface area contributed by atoms with Crippen LogP contribution in [0.2, 0.25) is 0 Å². The van der Waals surface area contributed by atoms with Gasteiger partial charge in [-0.2, -0.15) is 4.31 Å². The summed E-state index contributed by atoms with van der Waals surface area (Å²) >= 11 is 1.04. The average molecular weight is 319 g/mol. The molecule has 1 fully saturated rings. The third kappa shape index (κ3) is 2.55. The highest BCUT2D eigenvalue weighted by Gasteiger charge is 2.42. The molecule has 2 unspecified atom stereocenters. The standard InChI is InChI=1S/C12H17NO5S2/c1-8-4-3-6-13(10(8)11(14)15)20(16,17)12-9(18-2)5-7-19-12/h5,7-8,10H,3-4,6H2,1-2H3,(H,14,15). The van der Waals surface area contributed by atoms with E-state index in [2.05, 4.69) is 0 Å². The second-order valence-electron chi connectivity index (χ2n) is 4.79. The molecule has 0 saturated carbocycles. The largest absolute Gasteiger partial charge is 0.494 e. The number of hydrogen-bond acceptors (Lipinski definition) is 5. The van der Waals surface area contributed by atoms with E-state index < -0.39 is 22.0 Å². The number of methoxy groups -OCH3 is 1. The molecule has 112 valence electrons. The number of thiophene rings is 1. The van der Waals surface area contributed by atoms with Crippen molar-refractivity contribution in [3.8, 4) is 5.75 Å². The first kappa shape index (κ1) is 15.3. The number of ether oxygens (including phenoxy) is 1. The van der Waals surface area contributed by atoms with E-state index in [1.165, 1.54) is 7.11 Å². The SMILES string of the molecule is COc1ccsc1S(=O)(=O)N1CCCC(C)C1C(=O)O. The lowest BCUT2D eigenvalue weighted by molar-refractivity contribution is -0.144. The smallest absolute Gasteiger partial charge is 0.322 e. The lowest BCUT2D eigenvalue weighted by Gasteiger charge is -2.35. The van der Waals surface area contributed by atoms with Crippen molar-refractivity contribution in [1.82, 2.24) is 4.31 Å². The van der Waals surface area contributed by atoms with E-state index in [1.807, 2.05) is 0 Å². The summed E-state index contributed by atoms with van der Waals surface area (Å²) in [4.78, 5) is 11.4. The van der Waals surface area contributed by atoms with Crippen molar-refractivity contribution in [3.05, 3.63) is 11.4 Å². The molecule has 8 heteroatoms. The van der Waals surface area contributed by atoms with Gasteiger partial charge < -0.3 is 9.84 Å². The van der Waals surface area contributed by atoms with Crippen molar-refractivity contribution in [3.63, 3.8) is 0 Å². The molecule has 0 aromatic carbocycles. The fraction of sp³-hybridized carbons (Fsp3) is 0.583. The summed E-state index contributed by atoms with van der Waals surface area (Å²) in [6.45, 7) is 2.00. The Bertz CT molecular complexity index is 595. The number of carbonyl (C=O) groups is 1. The minimum atomic E-state index is -3.84. The van der Waals surface area contributed by atoms with E-state index in [-0.39, 0.29) is 22.4 Å². The number of nitrogens with zero attached hydrogens (tertiary/aromatic N) is 1. The van der Waals surface area contributed by atoms with Gasteiger partial charge in [0.05, 0.1) is 7.11 Å². The van der Waals surface area contributed by atoms with Crippen molar-refractivity contribution >= 4 is 27.3 Å². The quantitative estimate of drug-likeness (QED) is 0.912. The van der Waals surface area contributed by atoms with Crippen LogP contribution in [0.3, 0.4) is 0 Å². The molecule has 1 aliphatic rings. The highest BCUT2D eigenvalue weighted by atomic mass is 32.2. The Hall–Kier alpha value is -1.12. The molecule has 0 bridgehead atoms. The number of piperidine rings is 1. The van der Waals surface area contributed by atoms with Gasteiger partial charge in [0.25, 0.3) is 10.0 Å². The van der Waals surface area contributed by atoms with Gasteiger partial charge in [0.2, 0.25) is 0 Å². The van der Waals surface area contributed by atoms with Gasteiger partial charge in [0, 0.05) is 6.54 Å². The Kier molecular flexibility index (Phi) is 4.36. The van der Waals surface area contributed by atoms with Crippen molar-refractivity contribution in [2.75, 3.05) is 13.7 Å². The Morgan fingerprint density at radius 3 is 2.85 bits per heavy atom. The van der Waals surface area contributed by atoms with Crippen molar-refractivity contribution in [2.45, 2.75) is 30.0 Å². The van der Waals surface area contributed by atoms with Crippen LogP contribution in [-0.2, 0) is 14.8 Å². The van der Waals surface area contributed by atoms with Crippen molar-refractivity contribution < 1.29 is 23.1 Å². The van der Waals surface area contributed by atoms with Crippen molar-refractivity contribution in [1.29, 1.82) is 0 Å². The maximum absolute atomic E-state index is 12.7. The zero-order valence-electron chi connectivity index (χ0n) is 11.3. The minimum Gasteiger partial charge on any atom is -0.494 e. The fourth-order valence-corrected chi connectivity index (χ4v) is 5.62. The van der Waals surface area contributed by atoms with Crippen LogP contribution in [0.15, 0.2) is 15.7 Å². The first-order valence-corrected chi connectivity index (χ1v) is 8.57. The molecule has 2 atom stereocenters. The maximum Gasteiger partial charge on any atom is 0.322 e. The molecule has 1 saturated heterocycles. The van der Waals surface area contributed by atoms with Crippen LogP contribution < -0.4 is 4.74 Å². The lowest BCUT2D eigenvalue weighted by atomic mass is 9.93. The Balaban J connectivity index is 2.44. The van der Waals surface area contributed by atoms with Gasteiger partial charge in [-0.25, -0.2) is 8.42 Å². The summed E-state index contributed by atoms with van der Waals surface area (Å²) < 4.78 is 31.6. The number of aliphatic carboxylic acids is 1. The lowest BCUT2D eigenvalue weighted by Crippen LogP contribution is -2.51. The fourth-order valence-electron chi connectivity index (χ4n) is 2.52. The molecule has 1 N–H and O–H groups in total. The van der Waals surface area contributed by atoms with Gasteiger partial charge in [-0.1, -0.05) is 6.92 Å². The maximum atomic E-state index is 12.7. The van der Waals surface area contributed by atoms with Gasteiger partial charge in [-0.15, -0.1) is 11.3 Å².